The molecule has 6 nitrogen and oxygen atoms in total. The molecule has 1 fully saturated rings. The quantitative estimate of drug-likeness (QED) is 0.729. The Bertz CT molecular complexity index is 583. The molecule has 0 atom stereocenters. The SMILES string of the molecule is NS(=O)(=O)N1CCN(C(=O)c2ccccc2I)CC1. The lowest BCUT2D eigenvalue weighted by Crippen LogP contribution is -2.52. The first-order chi connectivity index (χ1) is 8.89. The van der Waals surface area contributed by atoms with E-state index in [1.54, 1.807) is 11.0 Å². The molecule has 1 saturated heterocycles. The third kappa shape index (κ3) is 3.44. The predicted octanol–water partition coefficient (Wildman–Crippen LogP) is 0.253. The average molecular weight is 395 g/mol. The first-order valence-corrected chi connectivity index (χ1v) is 8.29. The fourth-order valence-corrected chi connectivity index (χ4v) is 3.24. The summed E-state index contributed by atoms with van der Waals surface area (Å²) in [5.41, 5.74) is 0.646. The molecule has 0 bridgehead atoms. The molecule has 1 aliphatic rings. The molecule has 19 heavy (non-hydrogen) atoms. The second-order valence-corrected chi connectivity index (χ2v) is 6.92. The summed E-state index contributed by atoms with van der Waals surface area (Å²) >= 11 is 2.11. The highest BCUT2D eigenvalue weighted by atomic mass is 127. The lowest BCUT2D eigenvalue weighted by molar-refractivity contribution is 0.0697. The Hall–Kier alpha value is -0.710. The largest absolute Gasteiger partial charge is 0.336 e. The van der Waals surface area contributed by atoms with Crippen LogP contribution in [0.4, 0.5) is 0 Å². The van der Waals surface area contributed by atoms with Crippen molar-refractivity contribution >= 4 is 38.7 Å². The monoisotopic (exact) mass is 395 g/mol. The van der Waals surface area contributed by atoms with Gasteiger partial charge in [0.1, 0.15) is 0 Å². The topological polar surface area (TPSA) is 83.7 Å². The number of nitrogens with two attached hydrogens (primary N) is 1. The lowest BCUT2D eigenvalue weighted by Gasteiger charge is -2.33. The molecule has 0 saturated carbocycles. The van der Waals surface area contributed by atoms with E-state index >= 15 is 0 Å². The van der Waals surface area contributed by atoms with Crippen molar-refractivity contribution in [3.63, 3.8) is 0 Å². The minimum Gasteiger partial charge on any atom is -0.336 e. The Labute approximate surface area is 125 Å². The molecular weight excluding hydrogens is 381 g/mol. The van der Waals surface area contributed by atoms with Crippen molar-refractivity contribution in [3.8, 4) is 0 Å². The van der Waals surface area contributed by atoms with Crippen molar-refractivity contribution in [1.29, 1.82) is 0 Å². The van der Waals surface area contributed by atoms with Crippen LogP contribution < -0.4 is 5.14 Å². The van der Waals surface area contributed by atoms with Crippen LogP contribution in [0, 0.1) is 3.57 Å². The van der Waals surface area contributed by atoms with Gasteiger partial charge in [0.2, 0.25) is 0 Å². The van der Waals surface area contributed by atoms with E-state index < -0.39 is 10.2 Å². The van der Waals surface area contributed by atoms with Crippen LogP contribution >= 0.6 is 22.6 Å². The lowest BCUT2D eigenvalue weighted by atomic mass is 10.2. The molecule has 2 rings (SSSR count). The first kappa shape index (κ1) is 14.7. The van der Waals surface area contributed by atoms with Gasteiger partial charge < -0.3 is 4.90 Å². The van der Waals surface area contributed by atoms with Crippen molar-refractivity contribution in [3.05, 3.63) is 33.4 Å². The fraction of sp³-hybridized carbons (Fsp3) is 0.364. The van der Waals surface area contributed by atoms with Crippen LogP contribution in [0.3, 0.4) is 0 Å². The van der Waals surface area contributed by atoms with E-state index in [0.29, 0.717) is 18.7 Å². The molecule has 1 aromatic rings. The Kier molecular flexibility index (Phi) is 4.43. The number of nitrogens with zero attached hydrogens (tertiary/aromatic N) is 2. The molecule has 2 N–H and O–H groups in total. The molecule has 0 aromatic heterocycles. The number of piperazine rings is 1. The van der Waals surface area contributed by atoms with Gasteiger partial charge in [-0.05, 0) is 34.7 Å². The summed E-state index contributed by atoms with van der Waals surface area (Å²) in [6, 6.07) is 7.33. The molecule has 1 amide bonds. The van der Waals surface area contributed by atoms with Crippen LogP contribution in [0.1, 0.15) is 10.4 Å². The highest BCUT2D eigenvalue weighted by Gasteiger charge is 2.27. The fourth-order valence-electron chi connectivity index (χ4n) is 1.95. The predicted molar refractivity (Wildman–Crippen MR) is 79.7 cm³/mol. The molecule has 104 valence electrons. The van der Waals surface area contributed by atoms with Gasteiger partial charge in [0.25, 0.3) is 16.1 Å². The van der Waals surface area contributed by atoms with Crippen LogP contribution in [0.15, 0.2) is 24.3 Å². The van der Waals surface area contributed by atoms with E-state index in [-0.39, 0.29) is 19.0 Å². The van der Waals surface area contributed by atoms with E-state index in [4.69, 9.17) is 5.14 Å². The van der Waals surface area contributed by atoms with Gasteiger partial charge >= 0.3 is 0 Å². The van der Waals surface area contributed by atoms with Gasteiger partial charge in [-0.25, -0.2) is 5.14 Å². The number of benzene rings is 1. The van der Waals surface area contributed by atoms with Gasteiger partial charge in [-0.1, -0.05) is 12.1 Å². The van der Waals surface area contributed by atoms with Gasteiger partial charge in [-0.2, -0.15) is 12.7 Å². The maximum Gasteiger partial charge on any atom is 0.277 e. The summed E-state index contributed by atoms with van der Waals surface area (Å²) in [6.45, 7) is 1.21. The third-order valence-electron chi connectivity index (χ3n) is 2.99. The molecule has 8 heteroatoms. The van der Waals surface area contributed by atoms with Gasteiger partial charge in [0.05, 0.1) is 5.56 Å². The van der Waals surface area contributed by atoms with E-state index in [9.17, 15) is 13.2 Å². The van der Waals surface area contributed by atoms with E-state index in [2.05, 4.69) is 22.6 Å². The Morgan fingerprint density at radius 3 is 2.26 bits per heavy atom. The van der Waals surface area contributed by atoms with E-state index in [1.165, 1.54) is 4.31 Å². The highest BCUT2D eigenvalue weighted by Crippen LogP contribution is 2.15. The summed E-state index contributed by atoms with van der Waals surface area (Å²) in [5.74, 6) is -0.0703. The second kappa shape index (κ2) is 5.73. The van der Waals surface area contributed by atoms with Crippen LogP contribution in [-0.2, 0) is 10.2 Å². The molecule has 0 radical (unpaired) electrons. The number of carbonyl (C=O) groups is 1. The minimum absolute atomic E-state index is 0.0703. The number of halogens is 1. The van der Waals surface area contributed by atoms with E-state index in [0.717, 1.165) is 3.57 Å². The van der Waals surface area contributed by atoms with Crippen molar-refractivity contribution < 1.29 is 13.2 Å². The summed E-state index contributed by atoms with van der Waals surface area (Å²) < 4.78 is 24.4. The van der Waals surface area contributed by atoms with Crippen LogP contribution in [0.5, 0.6) is 0 Å². The molecule has 0 spiro atoms. The zero-order valence-corrected chi connectivity index (χ0v) is 13.1. The molecular formula is C11H14IN3O3S. The smallest absolute Gasteiger partial charge is 0.277 e. The maximum atomic E-state index is 12.3. The van der Waals surface area contributed by atoms with Gasteiger partial charge in [-0.15, -0.1) is 0 Å². The summed E-state index contributed by atoms with van der Waals surface area (Å²) in [4.78, 5) is 14.0. The number of rotatable bonds is 2. The minimum atomic E-state index is -3.65. The molecule has 1 aromatic carbocycles. The van der Waals surface area contributed by atoms with E-state index in [1.807, 2.05) is 18.2 Å². The molecule has 1 aliphatic heterocycles. The summed E-state index contributed by atoms with van der Waals surface area (Å²) in [6.07, 6.45) is 0. The number of carbonyl (C=O) groups excluding carboxylic acids is 1. The maximum absolute atomic E-state index is 12.3. The van der Waals surface area contributed by atoms with Gasteiger partial charge in [0, 0.05) is 29.7 Å². The average Bonchev–Trinajstić information content (AvgIpc) is 2.38. The van der Waals surface area contributed by atoms with Crippen LogP contribution in [0.25, 0.3) is 0 Å². The number of amides is 1. The normalized spacial score (nSPS) is 17.5. The van der Waals surface area contributed by atoms with Gasteiger partial charge in [-0.3, -0.25) is 4.79 Å². The zero-order valence-electron chi connectivity index (χ0n) is 10.1. The van der Waals surface area contributed by atoms with Crippen molar-refractivity contribution in [1.82, 2.24) is 9.21 Å². The van der Waals surface area contributed by atoms with Gasteiger partial charge in [0.15, 0.2) is 0 Å². The summed E-state index contributed by atoms with van der Waals surface area (Å²) in [5, 5.41) is 5.06. The second-order valence-electron chi connectivity index (χ2n) is 4.22. The van der Waals surface area contributed by atoms with Crippen LogP contribution in [-0.4, -0.2) is 49.7 Å². The molecule has 0 aliphatic carbocycles. The Morgan fingerprint density at radius 1 is 1.16 bits per heavy atom. The van der Waals surface area contributed by atoms with Crippen molar-refractivity contribution in [2.45, 2.75) is 0 Å². The first-order valence-electron chi connectivity index (χ1n) is 5.71. The van der Waals surface area contributed by atoms with Crippen molar-refractivity contribution in [2.75, 3.05) is 26.2 Å². The Balaban J connectivity index is 2.07. The Morgan fingerprint density at radius 2 is 1.74 bits per heavy atom. The standard InChI is InChI=1S/C11H14IN3O3S/c12-10-4-2-1-3-9(10)11(16)14-5-7-15(8-6-14)19(13,17)18/h1-4H,5-8H2,(H2,13,17,18). The third-order valence-corrected chi connectivity index (χ3v) is 5.02. The zero-order chi connectivity index (χ0) is 14.0. The molecule has 0 unspecified atom stereocenters. The van der Waals surface area contributed by atoms with Crippen LogP contribution in [0.2, 0.25) is 0 Å². The van der Waals surface area contributed by atoms with Crippen molar-refractivity contribution in [2.24, 2.45) is 5.14 Å². The number of hydrogen-bond acceptors (Lipinski definition) is 3. The molecule has 1 heterocycles. The number of hydrogen-bond donors (Lipinski definition) is 1. The highest BCUT2D eigenvalue weighted by molar-refractivity contribution is 14.1. The summed E-state index contributed by atoms with van der Waals surface area (Å²) in [7, 11) is -3.65.